The average molecular weight is 348 g/mol. The van der Waals surface area contributed by atoms with Crippen LogP contribution in [0.15, 0.2) is 48.7 Å². The molecule has 4 rings (SSSR count). The minimum Gasteiger partial charge on any atom is -0.494 e. The molecule has 0 aliphatic heterocycles. The molecule has 0 bridgehead atoms. The molecule has 0 saturated heterocycles. The number of hydrogen-bond acceptors (Lipinski definition) is 4. The second-order valence-corrected chi connectivity index (χ2v) is 6.88. The molecule has 0 unspecified atom stereocenters. The van der Waals surface area contributed by atoms with Gasteiger partial charge in [-0.1, -0.05) is 36.4 Å². The van der Waals surface area contributed by atoms with Gasteiger partial charge >= 0.3 is 0 Å². The molecular formula is C22H24N2O2. The standard InChI is InChI=1S/C22H24N2O2/c1-25-17-10-8-15(9-11-17)18-12-13-20(26-2)22-21(18)24-19(14-23-22)16-6-4-3-5-7-16/h3-7,12-15,17H,8-11H2,1-2H3. The summed E-state index contributed by atoms with van der Waals surface area (Å²) in [7, 11) is 3.50. The van der Waals surface area contributed by atoms with Crippen LogP contribution < -0.4 is 4.74 Å². The summed E-state index contributed by atoms with van der Waals surface area (Å²) in [6.45, 7) is 0. The van der Waals surface area contributed by atoms with Crippen LogP contribution in [-0.4, -0.2) is 30.3 Å². The van der Waals surface area contributed by atoms with Gasteiger partial charge < -0.3 is 9.47 Å². The Bertz CT molecular complexity index is 887. The van der Waals surface area contributed by atoms with E-state index in [4.69, 9.17) is 19.4 Å². The van der Waals surface area contributed by atoms with E-state index in [0.717, 1.165) is 53.7 Å². The lowest BCUT2D eigenvalue weighted by Gasteiger charge is -2.28. The molecule has 1 saturated carbocycles. The van der Waals surface area contributed by atoms with Gasteiger partial charge in [0.05, 0.1) is 30.6 Å². The molecule has 1 aromatic heterocycles. The summed E-state index contributed by atoms with van der Waals surface area (Å²) in [5.74, 6) is 1.27. The summed E-state index contributed by atoms with van der Waals surface area (Å²) >= 11 is 0. The van der Waals surface area contributed by atoms with E-state index in [2.05, 4.69) is 18.2 Å². The van der Waals surface area contributed by atoms with E-state index < -0.39 is 0 Å². The van der Waals surface area contributed by atoms with E-state index in [9.17, 15) is 0 Å². The lowest BCUT2D eigenvalue weighted by molar-refractivity contribution is 0.0660. The fourth-order valence-corrected chi connectivity index (χ4v) is 3.95. The number of rotatable bonds is 4. The molecule has 3 aromatic rings. The van der Waals surface area contributed by atoms with E-state index >= 15 is 0 Å². The summed E-state index contributed by atoms with van der Waals surface area (Å²) in [6.07, 6.45) is 6.67. The van der Waals surface area contributed by atoms with Crippen LogP contribution in [0.2, 0.25) is 0 Å². The minimum absolute atomic E-state index is 0.390. The van der Waals surface area contributed by atoms with Crippen molar-refractivity contribution in [1.82, 2.24) is 9.97 Å². The van der Waals surface area contributed by atoms with E-state index in [0.29, 0.717) is 12.0 Å². The zero-order valence-corrected chi connectivity index (χ0v) is 15.3. The highest BCUT2D eigenvalue weighted by molar-refractivity contribution is 5.86. The Hall–Kier alpha value is -2.46. The molecule has 1 fully saturated rings. The maximum Gasteiger partial charge on any atom is 0.146 e. The lowest BCUT2D eigenvalue weighted by Crippen LogP contribution is -2.19. The maximum absolute atomic E-state index is 5.53. The molecule has 0 N–H and O–H groups in total. The Morgan fingerprint density at radius 2 is 1.65 bits per heavy atom. The van der Waals surface area contributed by atoms with Crippen molar-refractivity contribution >= 4 is 11.0 Å². The predicted molar refractivity (Wildman–Crippen MR) is 104 cm³/mol. The predicted octanol–water partition coefficient (Wildman–Crippen LogP) is 4.98. The highest BCUT2D eigenvalue weighted by Crippen LogP contribution is 2.39. The summed E-state index contributed by atoms with van der Waals surface area (Å²) in [5.41, 5.74) is 5.07. The number of methoxy groups -OCH3 is 2. The molecule has 1 aliphatic carbocycles. The van der Waals surface area contributed by atoms with Gasteiger partial charge in [0.15, 0.2) is 0 Å². The van der Waals surface area contributed by atoms with Gasteiger partial charge in [-0.05, 0) is 43.2 Å². The Labute approximate surface area is 154 Å². The molecule has 0 atom stereocenters. The van der Waals surface area contributed by atoms with Gasteiger partial charge in [-0.2, -0.15) is 0 Å². The molecule has 134 valence electrons. The summed E-state index contributed by atoms with van der Waals surface area (Å²) in [4.78, 5) is 9.70. The van der Waals surface area contributed by atoms with Crippen molar-refractivity contribution in [3.8, 4) is 17.0 Å². The number of aromatic nitrogens is 2. The highest BCUT2D eigenvalue weighted by atomic mass is 16.5. The average Bonchev–Trinajstić information content (AvgIpc) is 2.73. The van der Waals surface area contributed by atoms with Gasteiger partial charge in [-0.25, -0.2) is 9.97 Å². The van der Waals surface area contributed by atoms with Crippen LogP contribution in [0.1, 0.15) is 37.2 Å². The normalized spacial score (nSPS) is 20.2. The third kappa shape index (κ3) is 3.17. The zero-order chi connectivity index (χ0) is 17.9. The third-order valence-electron chi connectivity index (χ3n) is 5.43. The zero-order valence-electron chi connectivity index (χ0n) is 15.3. The van der Waals surface area contributed by atoms with Crippen molar-refractivity contribution in [1.29, 1.82) is 0 Å². The monoisotopic (exact) mass is 348 g/mol. The van der Waals surface area contributed by atoms with Crippen LogP contribution in [0.3, 0.4) is 0 Å². The van der Waals surface area contributed by atoms with Gasteiger partial charge in [-0.3, -0.25) is 0 Å². The molecule has 0 spiro atoms. The van der Waals surface area contributed by atoms with Crippen molar-refractivity contribution in [2.24, 2.45) is 0 Å². The van der Waals surface area contributed by atoms with Crippen molar-refractivity contribution < 1.29 is 9.47 Å². The number of hydrogen-bond donors (Lipinski definition) is 0. The van der Waals surface area contributed by atoms with Crippen molar-refractivity contribution in [3.05, 3.63) is 54.2 Å². The molecule has 1 heterocycles. The molecule has 4 nitrogen and oxygen atoms in total. The highest BCUT2D eigenvalue weighted by Gasteiger charge is 2.25. The largest absolute Gasteiger partial charge is 0.494 e. The van der Waals surface area contributed by atoms with Crippen molar-refractivity contribution in [2.75, 3.05) is 14.2 Å². The quantitative estimate of drug-likeness (QED) is 0.667. The van der Waals surface area contributed by atoms with E-state index in [1.807, 2.05) is 37.6 Å². The number of nitrogens with zero attached hydrogens (tertiary/aromatic N) is 2. The summed E-state index contributed by atoms with van der Waals surface area (Å²) < 4.78 is 11.1. The fourth-order valence-electron chi connectivity index (χ4n) is 3.95. The van der Waals surface area contributed by atoms with Gasteiger partial charge in [0, 0.05) is 12.7 Å². The number of benzene rings is 2. The Morgan fingerprint density at radius 1 is 0.885 bits per heavy atom. The first-order valence-corrected chi connectivity index (χ1v) is 9.22. The van der Waals surface area contributed by atoms with Gasteiger partial charge in [-0.15, -0.1) is 0 Å². The van der Waals surface area contributed by atoms with Crippen LogP contribution in [0.4, 0.5) is 0 Å². The second-order valence-electron chi connectivity index (χ2n) is 6.88. The van der Waals surface area contributed by atoms with E-state index in [1.165, 1.54) is 5.56 Å². The smallest absolute Gasteiger partial charge is 0.146 e. The lowest BCUT2D eigenvalue weighted by atomic mass is 9.82. The first kappa shape index (κ1) is 17.0. The first-order chi connectivity index (χ1) is 12.8. The summed E-state index contributed by atoms with van der Waals surface area (Å²) in [5, 5.41) is 0. The minimum atomic E-state index is 0.390. The molecule has 4 heteroatoms. The van der Waals surface area contributed by atoms with E-state index in [-0.39, 0.29) is 0 Å². The second kappa shape index (κ2) is 7.42. The van der Waals surface area contributed by atoms with Crippen molar-refractivity contribution in [2.45, 2.75) is 37.7 Å². The van der Waals surface area contributed by atoms with Gasteiger partial charge in [0.1, 0.15) is 11.3 Å². The van der Waals surface area contributed by atoms with Crippen LogP contribution in [-0.2, 0) is 4.74 Å². The molecular weight excluding hydrogens is 324 g/mol. The SMILES string of the molecule is COc1ccc(C2CCC(OC)CC2)c2nc(-c3ccccc3)cnc12. The molecule has 2 aromatic carbocycles. The third-order valence-corrected chi connectivity index (χ3v) is 5.43. The van der Waals surface area contributed by atoms with Gasteiger partial charge in [0.25, 0.3) is 0 Å². The molecule has 26 heavy (non-hydrogen) atoms. The Balaban J connectivity index is 1.79. The Kier molecular flexibility index (Phi) is 4.85. The van der Waals surface area contributed by atoms with Gasteiger partial charge in [0.2, 0.25) is 0 Å². The Morgan fingerprint density at radius 3 is 2.35 bits per heavy atom. The molecule has 1 aliphatic rings. The maximum atomic E-state index is 5.53. The first-order valence-electron chi connectivity index (χ1n) is 9.22. The van der Waals surface area contributed by atoms with Crippen LogP contribution in [0.5, 0.6) is 5.75 Å². The molecule has 0 amide bonds. The summed E-state index contributed by atoms with van der Waals surface area (Å²) in [6, 6.07) is 14.4. The fraction of sp³-hybridized carbons (Fsp3) is 0.364. The van der Waals surface area contributed by atoms with Crippen LogP contribution in [0.25, 0.3) is 22.3 Å². The number of fused-ring (bicyclic) bond motifs is 1. The topological polar surface area (TPSA) is 44.2 Å². The van der Waals surface area contributed by atoms with Crippen LogP contribution >= 0.6 is 0 Å². The van der Waals surface area contributed by atoms with E-state index in [1.54, 1.807) is 7.11 Å². The number of ether oxygens (including phenoxy) is 2. The van der Waals surface area contributed by atoms with Crippen LogP contribution in [0, 0.1) is 0 Å². The van der Waals surface area contributed by atoms with Crippen molar-refractivity contribution in [3.63, 3.8) is 0 Å². The molecule has 0 radical (unpaired) electrons.